The second-order valence-electron chi connectivity index (χ2n) is 6.77. The lowest BCUT2D eigenvalue weighted by atomic mass is 9.98. The number of carbonyl (C=O) groups is 1. The summed E-state index contributed by atoms with van der Waals surface area (Å²) in [4.78, 5) is 11.9. The highest BCUT2D eigenvalue weighted by Crippen LogP contribution is 2.44. The zero-order valence-electron chi connectivity index (χ0n) is 14.1. The molecule has 1 unspecified atom stereocenters. The van der Waals surface area contributed by atoms with Gasteiger partial charge in [-0.1, -0.05) is 39.8 Å². The van der Waals surface area contributed by atoms with Crippen LogP contribution in [-0.4, -0.2) is 25.8 Å². The molecule has 0 aliphatic carbocycles. The Morgan fingerprint density at radius 1 is 1.32 bits per heavy atom. The van der Waals surface area contributed by atoms with E-state index in [9.17, 15) is 4.79 Å². The quantitative estimate of drug-likeness (QED) is 0.440. The molecule has 4 nitrogen and oxygen atoms in total. The van der Waals surface area contributed by atoms with Gasteiger partial charge >= 0.3 is 5.97 Å². The van der Waals surface area contributed by atoms with Gasteiger partial charge in [0.25, 0.3) is 0 Å². The summed E-state index contributed by atoms with van der Waals surface area (Å²) in [6, 6.07) is 5.87. The monoisotopic (exact) mass is 306 g/mol. The summed E-state index contributed by atoms with van der Waals surface area (Å²) >= 11 is 0. The van der Waals surface area contributed by atoms with Gasteiger partial charge in [-0.25, -0.2) is 0 Å². The molecule has 1 aliphatic rings. The Morgan fingerprint density at radius 3 is 2.55 bits per heavy atom. The molecule has 0 aromatic heterocycles. The third kappa shape index (κ3) is 4.08. The van der Waals surface area contributed by atoms with Gasteiger partial charge in [-0.3, -0.25) is 4.79 Å². The molecular weight excluding hydrogens is 280 g/mol. The van der Waals surface area contributed by atoms with E-state index in [0.717, 1.165) is 11.1 Å². The Morgan fingerprint density at radius 2 is 2.00 bits per heavy atom. The molecule has 1 aromatic rings. The number of aryl methyl sites for hydroxylation is 1. The zero-order valence-corrected chi connectivity index (χ0v) is 14.1. The number of benzene rings is 1. The smallest absolute Gasteiger partial charge is 0.313 e. The number of hydrogen-bond acceptors (Lipinski definition) is 4. The molecule has 0 radical (unpaired) electrons. The molecule has 1 heterocycles. The fraction of sp³-hybridized carbons (Fsp3) is 0.611. The number of rotatable bonds is 7. The molecule has 1 fully saturated rings. The van der Waals surface area contributed by atoms with Gasteiger partial charge in [0.05, 0.1) is 19.1 Å². The van der Waals surface area contributed by atoms with Crippen LogP contribution in [0.3, 0.4) is 0 Å². The summed E-state index contributed by atoms with van der Waals surface area (Å²) in [6.07, 6.45) is 0. The van der Waals surface area contributed by atoms with Crippen LogP contribution in [0.25, 0.3) is 0 Å². The third-order valence-corrected chi connectivity index (χ3v) is 3.59. The van der Waals surface area contributed by atoms with Gasteiger partial charge in [0.15, 0.2) is 0 Å². The molecule has 22 heavy (non-hydrogen) atoms. The van der Waals surface area contributed by atoms with E-state index >= 15 is 0 Å². The minimum atomic E-state index is -0.463. The van der Waals surface area contributed by atoms with Crippen LogP contribution in [0.15, 0.2) is 18.2 Å². The molecule has 1 saturated heterocycles. The largest absolute Gasteiger partial charge is 0.426 e. The van der Waals surface area contributed by atoms with Crippen molar-refractivity contribution in [2.45, 2.75) is 40.2 Å². The predicted molar refractivity (Wildman–Crippen MR) is 84.9 cm³/mol. The first-order valence-electron chi connectivity index (χ1n) is 7.88. The van der Waals surface area contributed by atoms with Crippen LogP contribution in [0, 0.1) is 18.8 Å². The zero-order chi connectivity index (χ0) is 16.3. The Kier molecular flexibility index (Phi) is 5.24. The van der Waals surface area contributed by atoms with Gasteiger partial charge in [-0.15, -0.1) is 0 Å². The number of carbonyl (C=O) groups excluding carboxylic acids is 1. The predicted octanol–water partition coefficient (Wildman–Crippen LogP) is 3.45. The Balaban J connectivity index is 2.17. The molecule has 0 N–H and O–H groups in total. The Labute approximate surface area is 132 Å². The molecule has 0 bridgehead atoms. The van der Waals surface area contributed by atoms with E-state index in [1.54, 1.807) is 0 Å². The second kappa shape index (κ2) is 6.80. The van der Waals surface area contributed by atoms with Gasteiger partial charge < -0.3 is 14.2 Å². The lowest BCUT2D eigenvalue weighted by Crippen LogP contribution is -2.22. The molecule has 0 saturated carbocycles. The number of epoxide rings is 1. The van der Waals surface area contributed by atoms with Crippen molar-refractivity contribution in [2.24, 2.45) is 11.8 Å². The Bertz CT molecular complexity index is 530. The minimum Gasteiger partial charge on any atom is -0.426 e. The summed E-state index contributed by atoms with van der Waals surface area (Å²) in [5.74, 6) is 0.670. The van der Waals surface area contributed by atoms with Gasteiger partial charge in [0, 0.05) is 12.2 Å². The molecule has 1 aliphatic heterocycles. The van der Waals surface area contributed by atoms with Crippen molar-refractivity contribution in [1.29, 1.82) is 0 Å². The first-order valence-corrected chi connectivity index (χ1v) is 7.88. The lowest BCUT2D eigenvalue weighted by molar-refractivity contribution is -0.137. The van der Waals surface area contributed by atoms with E-state index < -0.39 is 5.60 Å². The maximum absolute atomic E-state index is 11.9. The van der Waals surface area contributed by atoms with Gasteiger partial charge in [-0.2, -0.15) is 0 Å². The SMILES string of the molecule is Cc1ccc(C2(COCC(C)C)CO2)c(OC(=O)C(C)C)c1. The number of ether oxygens (including phenoxy) is 3. The third-order valence-electron chi connectivity index (χ3n) is 3.59. The summed E-state index contributed by atoms with van der Waals surface area (Å²) in [6.45, 7) is 11.6. The highest BCUT2D eigenvalue weighted by Gasteiger charge is 2.49. The van der Waals surface area contributed by atoms with Crippen LogP contribution in [0.1, 0.15) is 38.8 Å². The van der Waals surface area contributed by atoms with E-state index in [2.05, 4.69) is 13.8 Å². The van der Waals surface area contributed by atoms with Crippen molar-refractivity contribution in [3.05, 3.63) is 29.3 Å². The normalized spacial score (nSPS) is 20.5. The standard InChI is InChI=1S/C18H26O4/c1-12(2)9-20-10-18(11-21-18)15-7-6-14(5)8-16(15)22-17(19)13(3)4/h6-8,12-13H,9-11H2,1-5H3. The van der Waals surface area contributed by atoms with Crippen LogP contribution < -0.4 is 4.74 Å². The van der Waals surface area contributed by atoms with Crippen LogP contribution >= 0.6 is 0 Å². The minimum absolute atomic E-state index is 0.165. The van der Waals surface area contributed by atoms with Crippen molar-refractivity contribution in [1.82, 2.24) is 0 Å². The number of esters is 1. The van der Waals surface area contributed by atoms with Crippen LogP contribution in [-0.2, 0) is 19.9 Å². The molecule has 1 atom stereocenters. The summed E-state index contributed by atoms with van der Waals surface area (Å²) in [5, 5.41) is 0. The highest BCUT2D eigenvalue weighted by atomic mass is 16.6. The van der Waals surface area contributed by atoms with Crippen molar-refractivity contribution in [3.8, 4) is 5.75 Å². The fourth-order valence-electron chi connectivity index (χ4n) is 2.18. The maximum atomic E-state index is 11.9. The molecule has 2 rings (SSSR count). The van der Waals surface area contributed by atoms with E-state index in [1.165, 1.54) is 0 Å². The summed E-state index contributed by atoms with van der Waals surface area (Å²) < 4.78 is 17.0. The average Bonchev–Trinajstić information content (AvgIpc) is 3.19. The number of hydrogen-bond donors (Lipinski definition) is 0. The summed E-state index contributed by atoms with van der Waals surface area (Å²) in [5.41, 5.74) is 1.49. The second-order valence-corrected chi connectivity index (χ2v) is 6.77. The molecule has 4 heteroatoms. The van der Waals surface area contributed by atoms with E-state index in [-0.39, 0.29) is 11.9 Å². The molecule has 0 amide bonds. The molecule has 122 valence electrons. The fourth-order valence-corrected chi connectivity index (χ4v) is 2.18. The highest BCUT2D eigenvalue weighted by molar-refractivity contribution is 5.75. The van der Waals surface area contributed by atoms with E-state index in [1.807, 2.05) is 39.0 Å². The van der Waals surface area contributed by atoms with Crippen LogP contribution in [0.4, 0.5) is 0 Å². The van der Waals surface area contributed by atoms with Gasteiger partial charge in [0.1, 0.15) is 11.4 Å². The molecule has 0 spiro atoms. The molecular formula is C18H26O4. The summed E-state index contributed by atoms with van der Waals surface area (Å²) in [7, 11) is 0. The van der Waals surface area contributed by atoms with Crippen molar-refractivity contribution >= 4 is 5.97 Å². The van der Waals surface area contributed by atoms with Crippen LogP contribution in [0.5, 0.6) is 5.75 Å². The van der Waals surface area contributed by atoms with Crippen molar-refractivity contribution in [2.75, 3.05) is 19.8 Å². The average molecular weight is 306 g/mol. The lowest BCUT2D eigenvalue weighted by Gasteiger charge is -2.18. The molecule has 1 aromatic carbocycles. The maximum Gasteiger partial charge on any atom is 0.313 e. The van der Waals surface area contributed by atoms with Crippen molar-refractivity contribution < 1.29 is 19.0 Å². The Hall–Kier alpha value is -1.39. The first-order chi connectivity index (χ1) is 10.3. The van der Waals surface area contributed by atoms with Gasteiger partial charge in [-0.05, 0) is 24.5 Å². The first kappa shape index (κ1) is 17.0. The topological polar surface area (TPSA) is 48.1 Å². The van der Waals surface area contributed by atoms with Gasteiger partial charge in [0.2, 0.25) is 0 Å². The van der Waals surface area contributed by atoms with Crippen molar-refractivity contribution in [3.63, 3.8) is 0 Å². The van der Waals surface area contributed by atoms with E-state index in [0.29, 0.717) is 31.5 Å². The van der Waals surface area contributed by atoms with Crippen LogP contribution in [0.2, 0.25) is 0 Å². The van der Waals surface area contributed by atoms with E-state index in [4.69, 9.17) is 14.2 Å².